The zero-order chi connectivity index (χ0) is 9.26. The number of hydrogen-bond acceptors (Lipinski definition) is 4. The van der Waals surface area contributed by atoms with Crippen molar-refractivity contribution in [3.8, 4) is 10.6 Å². The normalized spacial score (nSPS) is 10.6. The van der Waals surface area contributed by atoms with Gasteiger partial charge in [0.25, 0.3) is 0 Å². The van der Waals surface area contributed by atoms with Crippen LogP contribution < -0.4 is 5.73 Å². The molecule has 2 heterocycles. The van der Waals surface area contributed by atoms with Crippen LogP contribution in [0.15, 0.2) is 21.3 Å². The molecule has 0 spiro atoms. The Morgan fingerprint density at radius 2 is 2.31 bits per heavy atom. The highest BCUT2D eigenvalue weighted by Gasteiger charge is 2.05. The van der Waals surface area contributed by atoms with E-state index in [9.17, 15) is 0 Å². The Balaban J connectivity index is 2.35. The predicted molar refractivity (Wildman–Crippen MR) is 61.0 cm³/mol. The summed E-state index contributed by atoms with van der Waals surface area (Å²) in [6, 6.07) is 4.09. The van der Waals surface area contributed by atoms with Gasteiger partial charge in [-0.15, -0.1) is 22.7 Å². The van der Waals surface area contributed by atoms with Crippen molar-refractivity contribution >= 4 is 38.6 Å². The third-order valence-corrected chi connectivity index (χ3v) is 4.07. The second-order valence-corrected chi connectivity index (χ2v) is 5.84. The SMILES string of the molecule is NCc1nc(-c2ccc(Br)s2)cs1. The van der Waals surface area contributed by atoms with Gasteiger partial charge in [-0.1, -0.05) is 0 Å². The molecule has 2 N–H and O–H groups in total. The Morgan fingerprint density at radius 3 is 2.85 bits per heavy atom. The lowest BCUT2D eigenvalue weighted by Crippen LogP contribution is -1.94. The van der Waals surface area contributed by atoms with Crippen molar-refractivity contribution in [1.82, 2.24) is 4.98 Å². The lowest BCUT2D eigenvalue weighted by Gasteiger charge is -1.87. The number of halogens is 1. The van der Waals surface area contributed by atoms with Crippen LogP contribution in [-0.2, 0) is 6.54 Å². The molecule has 0 saturated heterocycles. The summed E-state index contributed by atoms with van der Waals surface area (Å²) in [5.41, 5.74) is 6.52. The van der Waals surface area contributed by atoms with Crippen LogP contribution in [0.3, 0.4) is 0 Å². The van der Waals surface area contributed by atoms with E-state index < -0.39 is 0 Å². The fraction of sp³-hybridized carbons (Fsp3) is 0.125. The maximum absolute atomic E-state index is 5.49. The van der Waals surface area contributed by atoms with Crippen molar-refractivity contribution in [2.45, 2.75) is 6.54 Å². The summed E-state index contributed by atoms with van der Waals surface area (Å²) in [6.45, 7) is 0.525. The van der Waals surface area contributed by atoms with Gasteiger partial charge in [0.1, 0.15) is 5.01 Å². The predicted octanol–water partition coefficient (Wildman–Crippen LogP) is 3.09. The molecule has 0 bridgehead atoms. The third-order valence-electron chi connectivity index (χ3n) is 1.55. The first-order valence-electron chi connectivity index (χ1n) is 3.70. The van der Waals surface area contributed by atoms with Gasteiger partial charge in [0.15, 0.2) is 0 Å². The molecule has 0 aliphatic rings. The van der Waals surface area contributed by atoms with Crippen LogP contribution >= 0.6 is 38.6 Å². The minimum absolute atomic E-state index is 0.525. The van der Waals surface area contributed by atoms with E-state index >= 15 is 0 Å². The molecule has 13 heavy (non-hydrogen) atoms. The molecule has 5 heteroatoms. The number of thiazole rings is 1. The lowest BCUT2D eigenvalue weighted by molar-refractivity contribution is 1.04. The molecule has 0 aliphatic carbocycles. The lowest BCUT2D eigenvalue weighted by atomic mass is 10.4. The Morgan fingerprint density at radius 1 is 1.46 bits per heavy atom. The summed E-state index contributed by atoms with van der Waals surface area (Å²) in [4.78, 5) is 5.58. The molecule has 0 saturated carbocycles. The average Bonchev–Trinajstić information content (AvgIpc) is 2.71. The van der Waals surface area contributed by atoms with Gasteiger partial charge in [-0.25, -0.2) is 4.98 Å². The Bertz CT molecular complexity index is 408. The highest BCUT2D eigenvalue weighted by atomic mass is 79.9. The largest absolute Gasteiger partial charge is 0.325 e. The summed E-state index contributed by atoms with van der Waals surface area (Å²) in [6.07, 6.45) is 0. The number of nitrogens with zero attached hydrogens (tertiary/aromatic N) is 1. The average molecular weight is 275 g/mol. The van der Waals surface area contributed by atoms with E-state index in [0.717, 1.165) is 14.5 Å². The number of nitrogens with two attached hydrogens (primary N) is 1. The summed E-state index contributed by atoms with van der Waals surface area (Å²) >= 11 is 6.72. The number of aromatic nitrogens is 1. The Labute approximate surface area is 92.6 Å². The van der Waals surface area contributed by atoms with Gasteiger partial charge in [0.2, 0.25) is 0 Å². The molecule has 0 unspecified atom stereocenters. The monoisotopic (exact) mass is 274 g/mol. The highest BCUT2D eigenvalue weighted by Crippen LogP contribution is 2.31. The smallest absolute Gasteiger partial charge is 0.107 e. The van der Waals surface area contributed by atoms with Crippen molar-refractivity contribution in [3.63, 3.8) is 0 Å². The van der Waals surface area contributed by atoms with Crippen molar-refractivity contribution < 1.29 is 0 Å². The maximum Gasteiger partial charge on any atom is 0.107 e. The van der Waals surface area contributed by atoms with Crippen LogP contribution in [-0.4, -0.2) is 4.98 Å². The molecule has 2 aromatic rings. The van der Waals surface area contributed by atoms with Crippen LogP contribution in [0.5, 0.6) is 0 Å². The van der Waals surface area contributed by atoms with Gasteiger partial charge in [-0.2, -0.15) is 0 Å². The van der Waals surface area contributed by atoms with Crippen LogP contribution in [0.1, 0.15) is 5.01 Å². The van der Waals surface area contributed by atoms with E-state index in [1.54, 1.807) is 22.7 Å². The van der Waals surface area contributed by atoms with Gasteiger partial charge >= 0.3 is 0 Å². The topological polar surface area (TPSA) is 38.9 Å². The van der Waals surface area contributed by atoms with E-state index in [2.05, 4.69) is 27.0 Å². The molecule has 0 fully saturated rings. The molecule has 2 aromatic heterocycles. The maximum atomic E-state index is 5.49. The molecule has 0 radical (unpaired) electrons. The Kier molecular flexibility index (Phi) is 2.78. The van der Waals surface area contributed by atoms with Crippen molar-refractivity contribution in [2.75, 3.05) is 0 Å². The molecular weight excluding hydrogens is 268 g/mol. The third kappa shape index (κ3) is 1.99. The second-order valence-electron chi connectivity index (χ2n) is 2.43. The molecule has 0 amide bonds. The molecular formula is C8H7BrN2S2. The fourth-order valence-corrected chi connectivity index (χ4v) is 3.07. The summed E-state index contributed by atoms with van der Waals surface area (Å²) < 4.78 is 1.13. The summed E-state index contributed by atoms with van der Waals surface area (Å²) in [7, 11) is 0. The summed E-state index contributed by atoms with van der Waals surface area (Å²) in [5.74, 6) is 0. The molecule has 68 valence electrons. The van der Waals surface area contributed by atoms with E-state index in [-0.39, 0.29) is 0 Å². The molecule has 0 aliphatic heterocycles. The van der Waals surface area contributed by atoms with Crippen LogP contribution in [0.2, 0.25) is 0 Å². The molecule has 0 aromatic carbocycles. The first-order chi connectivity index (χ1) is 6.29. The van der Waals surface area contributed by atoms with Gasteiger partial charge in [0, 0.05) is 11.9 Å². The second kappa shape index (κ2) is 3.88. The van der Waals surface area contributed by atoms with E-state index in [4.69, 9.17) is 5.73 Å². The molecule has 2 nitrogen and oxygen atoms in total. The summed E-state index contributed by atoms with van der Waals surface area (Å²) in [5, 5.41) is 3.03. The number of hydrogen-bond donors (Lipinski definition) is 1. The van der Waals surface area contributed by atoms with Crippen molar-refractivity contribution in [2.24, 2.45) is 5.73 Å². The minimum Gasteiger partial charge on any atom is -0.325 e. The van der Waals surface area contributed by atoms with E-state index in [1.165, 1.54) is 4.88 Å². The van der Waals surface area contributed by atoms with E-state index in [1.807, 2.05) is 11.4 Å². The van der Waals surface area contributed by atoms with Gasteiger partial charge in [-0.05, 0) is 28.1 Å². The first kappa shape index (κ1) is 9.33. The number of rotatable bonds is 2. The first-order valence-corrected chi connectivity index (χ1v) is 6.18. The Hall–Kier alpha value is -0.230. The fourth-order valence-electron chi connectivity index (χ4n) is 0.970. The van der Waals surface area contributed by atoms with Crippen LogP contribution in [0.25, 0.3) is 10.6 Å². The van der Waals surface area contributed by atoms with Gasteiger partial charge < -0.3 is 5.73 Å². The van der Waals surface area contributed by atoms with Crippen molar-refractivity contribution in [1.29, 1.82) is 0 Å². The van der Waals surface area contributed by atoms with E-state index in [0.29, 0.717) is 6.54 Å². The zero-order valence-corrected chi connectivity index (χ0v) is 9.88. The molecule has 0 atom stereocenters. The highest BCUT2D eigenvalue weighted by molar-refractivity contribution is 9.11. The van der Waals surface area contributed by atoms with Crippen LogP contribution in [0, 0.1) is 0 Å². The van der Waals surface area contributed by atoms with Gasteiger partial charge in [-0.3, -0.25) is 0 Å². The zero-order valence-electron chi connectivity index (χ0n) is 6.66. The quantitative estimate of drug-likeness (QED) is 0.914. The minimum atomic E-state index is 0.525. The van der Waals surface area contributed by atoms with Gasteiger partial charge in [0.05, 0.1) is 14.4 Å². The standard InChI is InChI=1S/C8H7BrN2S2/c9-7-2-1-6(13-7)5-4-12-8(3-10)11-5/h1-2,4H,3,10H2. The van der Waals surface area contributed by atoms with Crippen LogP contribution in [0.4, 0.5) is 0 Å². The number of thiophene rings is 1. The molecule has 2 rings (SSSR count). The van der Waals surface area contributed by atoms with Crippen molar-refractivity contribution in [3.05, 3.63) is 26.3 Å².